The fraction of sp³-hybridized carbons (Fsp3) is 0.455. The first kappa shape index (κ1) is 31.0. The molecule has 1 unspecified atom stereocenters. The van der Waals surface area contributed by atoms with Gasteiger partial charge in [0.2, 0.25) is 5.91 Å². The number of hydrogen-bond donors (Lipinski definition) is 2. The molecule has 1 spiro atoms. The van der Waals surface area contributed by atoms with Crippen molar-refractivity contribution in [3.05, 3.63) is 46.9 Å². The van der Waals surface area contributed by atoms with Crippen LogP contribution in [0.2, 0.25) is 0 Å². The number of anilines is 1. The maximum Gasteiger partial charge on any atom is 0.490 e. The third kappa shape index (κ3) is 8.66. The van der Waals surface area contributed by atoms with E-state index < -0.39 is 24.3 Å². The van der Waals surface area contributed by atoms with Crippen LogP contribution >= 0.6 is 11.3 Å². The number of halogens is 6. The van der Waals surface area contributed by atoms with Gasteiger partial charge < -0.3 is 15.1 Å². The van der Waals surface area contributed by atoms with Crippen molar-refractivity contribution in [2.24, 2.45) is 0 Å². The largest absolute Gasteiger partial charge is 0.490 e. The van der Waals surface area contributed by atoms with Crippen LogP contribution in [0.25, 0.3) is 0 Å². The average Bonchev–Trinajstić information content (AvgIpc) is 3.48. The fourth-order valence-corrected chi connectivity index (χ4v) is 4.51. The average molecular weight is 571 g/mol. The van der Waals surface area contributed by atoms with E-state index in [0.29, 0.717) is 6.54 Å². The van der Waals surface area contributed by atoms with Crippen molar-refractivity contribution in [2.45, 2.75) is 30.9 Å². The first-order valence-corrected chi connectivity index (χ1v) is 11.7. The van der Waals surface area contributed by atoms with Crippen LogP contribution in [0.4, 0.5) is 32.0 Å². The molecule has 9 nitrogen and oxygen atoms in total. The minimum atomic E-state index is -5.08. The summed E-state index contributed by atoms with van der Waals surface area (Å²) in [6.45, 7) is 4.26. The van der Waals surface area contributed by atoms with Crippen molar-refractivity contribution in [3.63, 3.8) is 0 Å². The van der Waals surface area contributed by atoms with Crippen LogP contribution in [0.3, 0.4) is 0 Å². The zero-order valence-corrected chi connectivity index (χ0v) is 20.7. The number of nitrogens with zero attached hydrogens (tertiary/aromatic N) is 4. The molecule has 0 bridgehead atoms. The fourth-order valence-electron chi connectivity index (χ4n) is 3.87. The molecule has 2 N–H and O–H groups in total. The van der Waals surface area contributed by atoms with Crippen LogP contribution in [0.15, 0.2) is 41.4 Å². The molecular weight excluding hydrogens is 546 g/mol. The Morgan fingerprint density at radius 1 is 1.08 bits per heavy atom. The lowest BCUT2D eigenvalue weighted by Gasteiger charge is -2.46. The van der Waals surface area contributed by atoms with Crippen molar-refractivity contribution >= 4 is 34.9 Å². The number of piperazine rings is 1. The van der Waals surface area contributed by atoms with Gasteiger partial charge >= 0.3 is 24.3 Å². The molecule has 2 fully saturated rings. The Hall–Kier alpha value is -3.24. The highest BCUT2D eigenvalue weighted by molar-refractivity contribution is 7.08. The van der Waals surface area contributed by atoms with Crippen LogP contribution in [0, 0.1) is 0 Å². The van der Waals surface area contributed by atoms with Gasteiger partial charge in [-0.05, 0) is 36.5 Å². The molecule has 4 rings (SSSR count). The minimum Gasteiger partial charge on any atom is -0.475 e. The van der Waals surface area contributed by atoms with Gasteiger partial charge in [0.15, 0.2) is 0 Å². The first-order chi connectivity index (χ1) is 17.5. The van der Waals surface area contributed by atoms with Gasteiger partial charge in [-0.2, -0.15) is 37.7 Å². The van der Waals surface area contributed by atoms with E-state index in [1.807, 2.05) is 34.8 Å². The molecule has 0 radical (unpaired) electrons. The predicted molar refractivity (Wildman–Crippen MR) is 124 cm³/mol. The summed E-state index contributed by atoms with van der Waals surface area (Å²) in [4.78, 5) is 41.2. The molecule has 210 valence electrons. The van der Waals surface area contributed by atoms with E-state index in [1.54, 1.807) is 11.3 Å². The lowest BCUT2D eigenvalue weighted by atomic mass is 9.93. The topological polar surface area (TPSA) is 114 Å². The van der Waals surface area contributed by atoms with Crippen molar-refractivity contribution in [3.8, 4) is 0 Å². The second kappa shape index (κ2) is 12.5. The summed E-state index contributed by atoms with van der Waals surface area (Å²) in [6.07, 6.45) is -5.32. The van der Waals surface area contributed by atoms with Gasteiger partial charge in [-0.3, -0.25) is 19.6 Å². The molecule has 1 amide bonds. The lowest BCUT2D eigenvalue weighted by Crippen LogP contribution is -2.64. The SMILES string of the molecule is CN1CC(=O)N(c2ccsc2)CC12CCN(Cc1cccnc1)C2.O=C(O)C(F)(F)F.O=C(O)C(F)(F)F. The van der Waals surface area contributed by atoms with Crippen LogP contribution in [0.1, 0.15) is 12.0 Å². The maximum atomic E-state index is 12.5. The van der Waals surface area contributed by atoms with Crippen LogP contribution in [0.5, 0.6) is 0 Å². The number of likely N-dealkylation sites (N-methyl/N-ethyl adjacent to an activating group) is 1. The molecule has 2 aliphatic rings. The van der Waals surface area contributed by atoms with Gasteiger partial charge in [0.1, 0.15) is 0 Å². The Kier molecular flexibility index (Phi) is 10.2. The quantitative estimate of drug-likeness (QED) is 0.541. The number of likely N-dealkylation sites (tertiary alicyclic amines) is 1. The van der Waals surface area contributed by atoms with Gasteiger partial charge in [-0.25, -0.2) is 9.59 Å². The Labute approximate surface area is 216 Å². The van der Waals surface area contributed by atoms with Crippen LogP contribution < -0.4 is 4.90 Å². The monoisotopic (exact) mass is 570 g/mol. The van der Waals surface area contributed by atoms with Crippen LogP contribution in [-0.4, -0.2) is 94.0 Å². The summed E-state index contributed by atoms with van der Waals surface area (Å²) in [5.74, 6) is -5.31. The minimum absolute atomic E-state index is 0.0536. The number of amides is 1. The summed E-state index contributed by atoms with van der Waals surface area (Å²) in [7, 11) is 2.09. The molecule has 38 heavy (non-hydrogen) atoms. The van der Waals surface area contributed by atoms with E-state index in [9.17, 15) is 31.1 Å². The first-order valence-electron chi connectivity index (χ1n) is 10.8. The van der Waals surface area contributed by atoms with Gasteiger partial charge in [0.25, 0.3) is 0 Å². The van der Waals surface area contributed by atoms with Gasteiger partial charge in [-0.1, -0.05) is 6.07 Å². The molecule has 0 aromatic carbocycles. The van der Waals surface area contributed by atoms with Gasteiger partial charge in [0, 0.05) is 44.0 Å². The molecule has 0 saturated carbocycles. The summed E-state index contributed by atoms with van der Waals surface area (Å²) in [5.41, 5.74) is 2.35. The van der Waals surface area contributed by atoms with E-state index >= 15 is 0 Å². The molecule has 1 atom stereocenters. The molecular formula is C22H24F6N4O5S. The van der Waals surface area contributed by atoms with Crippen molar-refractivity contribution in [1.29, 1.82) is 0 Å². The highest BCUT2D eigenvalue weighted by Crippen LogP contribution is 2.34. The number of pyridine rings is 1. The second-order valence-corrected chi connectivity index (χ2v) is 9.25. The Balaban J connectivity index is 0.000000301. The maximum absolute atomic E-state index is 12.5. The summed E-state index contributed by atoms with van der Waals surface area (Å²) < 4.78 is 63.5. The number of hydrogen-bond acceptors (Lipinski definition) is 7. The number of alkyl halides is 6. The normalized spacial score (nSPS) is 20.4. The number of carboxylic acid groups (broad SMARTS) is 2. The molecule has 4 heterocycles. The number of carbonyl (C=O) groups is 3. The highest BCUT2D eigenvalue weighted by Gasteiger charge is 2.47. The molecule has 2 saturated heterocycles. The third-order valence-corrected chi connectivity index (χ3v) is 6.45. The lowest BCUT2D eigenvalue weighted by molar-refractivity contribution is -0.193. The summed E-state index contributed by atoms with van der Waals surface area (Å²) >= 11 is 1.64. The highest BCUT2D eigenvalue weighted by atomic mass is 32.1. The summed E-state index contributed by atoms with van der Waals surface area (Å²) in [6, 6.07) is 6.17. The Morgan fingerprint density at radius 3 is 2.16 bits per heavy atom. The van der Waals surface area contributed by atoms with Crippen molar-refractivity contribution < 1.29 is 50.9 Å². The standard InChI is InChI=1S/C18H22N4OS.2C2HF3O2/c1-20-11-17(23)22(16-4-8-24-12-16)14-18(20)5-7-21(13-18)10-15-3-2-6-19-9-15;2*3-2(4,5)1(6)7/h2-4,6,8-9,12H,5,7,10-11,13-14H2,1H3;2*(H,6,7). The van der Waals surface area contributed by atoms with Crippen molar-refractivity contribution in [1.82, 2.24) is 14.8 Å². The molecule has 0 aliphatic carbocycles. The smallest absolute Gasteiger partial charge is 0.475 e. The van der Waals surface area contributed by atoms with E-state index in [4.69, 9.17) is 19.8 Å². The number of carboxylic acids is 2. The van der Waals surface area contributed by atoms with Gasteiger partial charge in [0.05, 0.1) is 17.8 Å². The molecule has 16 heteroatoms. The van der Waals surface area contributed by atoms with Gasteiger partial charge in [-0.15, -0.1) is 0 Å². The zero-order valence-electron chi connectivity index (χ0n) is 19.9. The number of rotatable bonds is 3. The van der Waals surface area contributed by atoms with E-state index in [1.165, 1.54) is 5.56 Å². The molecule has 2 aromatic heterocycles. The number of aliphatic carboxylic acids is 2. The third-order valence-electron chi connectivity index (χ3n) is 5.78. The van der Waals surface area contributed by atoms with E-state index in [2.05, 4.69) is 33.3 Å². The van der Waals surface area contributed by atoms with Crippen LogP contribution in [-0.2, 0) is 20.9 Å². The molecule has 2 aliphatic heterocycles. The predicted octanol–water partition coefficient (Wildman–Crippen LogP) is 3.33. The second-order valence-electron chi connectivity index (χ2n) is 8.47. The summed E-state index contributed by atoms with van der Waals surface area (Å²) in [5, 5.41) is 18.4. The number of aromatic nitrogens is 1. The molecule has 2 aromatic rings. The number of thiophene rings is 1. The number of carbonyl (C=O) groups excluding carboxylic acids is 1. The Morgan fingerprint density at radius 2 is 1.68 bits per heavy atom. The Bertz CT molecular complexity index is 1060. The zero-order chi connectivity index (χ0) is 28.7. The van der Waals surface area contributed by atoms with Crippen molar-refractivity contribution in [2.75, 3.05) is 38.1 Å². The van der Waals surface area contributed by atoms with E-state index in [-0.39, 0.29) is 11.4 Å². The van der Waals surface area contributed by atoms with E-state index in [0.717, 1.165) is 38.3 Å².